The fraction of sp³-hybridized carbons (Fsp3) is 0.545. The first kappa shape index (κ1) is 19.4. The molecule has 0 N–H and O–H groups in total. The number of rotatable bonds is 10. The number of hydrogen-bond donors (Lipinski definition) is 0. The van der Waals surface area contributed by atoms with E-state index in [0.29, 0.717) is 0 Å². The molecular formula is C22H29BrS2. The van der Waals surface area contributed by atoms with Gasteiger partial charge in [0.25, 0.3) is 0 Å². The van der Waals surface area contributed by atoms with E-state index in [0.717, 1.165) is 0 Å². The van der Waals surface area contributed by atoms with E-state index < -0.39 is 0 Å². The van der Waals surface area contributed by atoms with Gasteiger partial charge >= 0.3 is 0 Å². The van der Waals surface area contributed by atoms with Crippen LogP contribution in [0.3, 0.4) is 0 Å². The summed E-state index contributed by atoms with van der Waals surface area (Å²) in [6, 6.07) is 4.67. The summed E-state index contributed by atoms with van der Waals surface area (Å²) in [6.45, 7) is 4.59. The average molecular weight is 438 g/mol. The predicted molar refractivity (Wildman–Crippen MR) is 121 cm³/mol. The number of hydrogen-bond acceptors (Lipinski definition) is 2. The van der Waals surface area contributed by atoms with Crippen LogP contribution in [0.25, 0.3) is 20.2 Å². The molecule has 0 spiro atoms. The fourth-order valence-electron chi connectivity index (χ4n) is 3.80. The smallest absolute Gasteiger partial charge is 0.0711 e. The van der Waals surface area contributed by atoms with Crippen LogP contribution >= 0.6 is 38.6 Å². The van der Waals surface area contributed by atoms with Crippen molar-refractivity contribution >= 4 is 58.8 Å². The lowest BCUT2D eigenvalue weighted by Crippen LogP contribution is -1.97. The van der Waals surface area contributed by atoms with Gasteiger partial charge in [0.2, 0.25) is 0 Å². The lowest BCUT2D eigenvalue weighted by Gasteiger charge is -2.13. The molecule has 0 nitrogen and oxygen atoms in total. The third kappa shape index (κ3) is 4.48. The van der Waals surface area contributed by atoms with Gasteiger partial charge in [-0.1, -0.05) is 52.4 Å². The molecule has 0 aliphatic carbocycles. The van der Waals surface area contributed by atoms with E-state index in [1.54, 1.807) is 20.5 Å². The third-order valence-corrected chi connectivity index (χ3v) is 7.80. The minimum atomic E-state index is 1.25. The summed E-state index contributed by atoms with van der Waals surface area (Å²) in [5, 5.41) is 5.23. The van der Waals surface area contributed by atoms with Gasteiger partial charge in [-0.15, -0.1) is 22.7 Å². The number of unbranched alkanes of at least 4 members (excludes halogenated alkanes) is 6. The van der Waals surface area contributed by atoms with E-state index in [1.807, 2.05) is 22.7 Å². The molecule has 0 aliphatic heterocycles. The van der Waals surface area contributed by atoms with Crippen molar-refractivity contribution in [3.63, 3.8) is 0 Å². The minimum Gasteiger partial charge on any atom is -0.143 e. The topological polar surface area (TPSA) is 0 Å². The van der Waals surface area contributed by atoms with E-state index in [1.165, 1.54) is 78.8 Å². The van der Waals surface area contributed by atoms with Crippen LogP contribution in [-0.2, 0) is 12.8 Å². The van der Waals surface area contributed by atoms with Crippen LogP contribution in [-0.4, -0.2) is 0 Å². The Kier molecular flexibility index (Phi) is 7.39. The van der Waals surface area contributed by atoms with Crippen molar-refractivity contribution < 1.29 is 0 Å². The van der Waals surface area contributed by atoms with Gasteiger partial charge in [0.15, 0.2) is 0 Å². The maximum absolute atomic E-state index is 3.75. The zero-order valence-electron chi connectivity index (χ0n) is 15.5. The normalized spacial score (nSPS) is 11.8. The Morgan fingerprint density at radius 3 is 2.08 bits per heavy atom. The lowest BCUT2D eigenvalue weighted by molar-refractivity contribution is 0.654. The Bertz CT molecular complexity index is 812. The Balaban J connectivity index is 1.99. The summed E-state index contributed by atoms with van der Waals surface area (Å²) in [4.78, 5) is 0. The molecule has 0 amide bonds. The molecule has 0 fully saturated rings. The molecule has 136 valence electrons. The van der Waals surface area contributed by atoms with Crippen LogP contribution < -0.4 is 0 Å². The first-order valence-electron chi connectivity index (χ1n) is 9.86. The van der Waals surface area contributed by atoms with Crippen molar-refractivity contribution in [3.05, 3.63) is 32.4 Å². The molecule has 0 radical (unpaired) electrons. The molecule has 25 heavy (non-hydrogen) atoms. The van der Waals surface area contributed by atoms with Gasteiger partial charge in [-0.2, -0.15) is 0 Å². The van der Waals surface area contributed by atoms with Crippen LogP contribution in [0.2, 0.25) is 0 Å². The number of benzene rings is 1. The molecule has 3 heteroatoms. The van der Waals surface area contributed by atoms with Crippen molar-refractivity contribution in [1.29, 1.82) is 0 Å². The second kappa shape index (κ2) is 9.53. The Morgan fingerprint density at radius 2 is 1.44 bits per heavy atom. The van der Waals surface area contributed by atoms with Crippen LogP contribution in [0, 0.1) is 0 Å². The molecule has 0 saturated carbocycles. The van der Waals surface area contributed by atoms with E-state index >= 15 is 0 Å². The maximum atomic E-state index is 3.75. The van der Waals surface area contributed by atoms with E-state index in [9.17, 15) is 0 Å². The zero-order chi connectivity index (χ0) is 17.6. The molecular weight excluding hydrogens is 408 g/mol. The van der Waals surface area contributed by atoms with Gasteiger partial charge in [-0.05, 0) is 70.3 Å². The Morgan fingerprint density at radius 1 is 0.800 bits per heavy atom. The third-order valence-electron chi connectivity index (χ3n) is 5.13. The maximum Gasteiger partial charge on any atom is 0.0711 e. The Hall–Kier alpha value is -0.380. The highest BCUT2D eigenvalue weighted by Crippen LogP contribution is 2.43. The molecule has 0 atom stereocenters. The molecule has 2 heterocycles. The summed E-state index contributed by atoms with van der Waals surface area (Å²) < 4.78 is 4.37. The van der Waals surface area contributed by atoms with E-state index in [-0.39, 0.29) is 0 Å². The number of fused-ring (bicyclic) bond motifs is 3. The lowest BCUT2D eigenvalue weighted by atomic mass is 9.94. The summed E-state index contributed by atoms with van der Waals surface area (Å²) in [6.07, 6.45) is 13.3. The Labute approximate surface area is 168 Å². The number of halogens is 1. The van der Waals surface area contributed by atoms with Crippen LogP contribution in [0.5, 0.6) is 0 Å². The SMILES string of the molecule is CCCCCCc1c(CCCCCC)c2sc(Br)cc2c2ccsc12. The van der Waals surface area contributed by atoms with Gasteiger partial charge in [0.05, 0.1) is 3.79 Å². The van der Waals surface area contributed by atoms with Crippen molar-refractivity contribution in [2.45, 2.75) is 78.1 Å². The molecule has 3 aromatic rings. The van der Waals surface area contributed by atoms with Gasteiger partial charge in [-0.3, -0.25) is 0 Å². The molecule has 2 aromatic heterocycles. The summed E-state index contributed by atoms with van der Waals surface area (Å²) in [7, 11) is 0. The highest BCUT2D eigenvalue weighted by atomic mass is 79.9. The van der Waals surface area contributed by atoms with Crippen molar-refractivity contribution in [1.82, 2.24) is 0 Å². The number of aryl methyl sites for hydroxylation is 2. The van der Waals surface area contributed by atoms with Gasteiger partial charge in [0, 0.05) is 20.2 Å². The monoisotopic (exact) mass is 436 g/mol. The average Bonchev–Trinajstić information content (AvgIpc) is 3.22. The highest BCUT2D eigenvalue weighted by molar-refractivity contribution is 9.11. The van der Waals surface area contributed by atoms with Crippen molar-refractivity contribution in [2.75, 3.05) is 0 Å². The number of thiophene rings is 2. The van der Waals surface area contributed by atoms with Crippen LogP contribution in [0.1, 0.15) is 76.3 Å². The molecule has 0 unspecified atom stereocenters. The van der Waals surface area contributed by atoms with Gasteiger partial charge < -0.3 is 0 Å². The largest absolute Gasteiger partial charge is 0.143 e. The molecule has 1 aromatic carbocycles. The zero-order valence-corrected chi connectivity index (χ0v) is 18.7. The second-order valence-electron chi connectivity index (χ2n) is 7.04. The quantitative estimate of drug-likeness (QED) is 0.277. The van der Waals surface area contributed by atoms with Gasteiger partial charge in [-0.25, -0.2) is 0 Å². The first-order chi connectivity index (χ1) is 12.3. The first-order valence-corrected chi connectivity index (χ1v) is 12.3. The van der Waals surface area contributed by atoms with Crippen LogP contribution in [0.15, 0.2) is 21.3 Å². The molecule has 3 rings (SSSR count). The molecule has 0 bridgehead atoms. The highest BCUT2D eigenvalue weighted by Gasteiger charge is 2.17. The second-order valence-corrected chi connectivity index (χ2v) is 10.4. The standard InChI is InChI=1S/C22H29BrS2/c1-3-5-7-9-11-16-17(12-10-8-6-4-2)22-19(15-20(23)25-22)18-13-14-24-21(16)18/h13-15H,3-12H2,1-2H3. The van der Waals surface area contributed by atoms with Crippen molar-refractivity contribution in [3.8, 4) is 0 Å². The van der Waals surface area contributed by atoms with E-state index in [2.05, 4.69) is 47.3 Å². The van der Waals surface area contributed by atoms with Gasteiger partial charge in [0.1, 0.15) is 0 Å². The van der Waals surface area contributed by atoms with Crippen LogP contribution in [0.4, 0.5) is 0 Å². The summed E-state index contributed by atoms with van der Waals surface area (Å²) in [5.41, 5.74) is 3.33. The summed E-state index contributed by atoms with van der Waals surface area (Å²) in [5.74, 6) is 0. The van der Waals surface area contributed by atoms with E-state index in [4.69, 9.17) is 0 Å². The summed E-state index contributed by atoms with van der Waals surface area (Å²) >= 11 is 7.63. The van der Waals surface area contributed by atoms with Crippen molar-refractivity contribution in [2.24, 2.45) is 0 Å². The predicted octanol–water partition coefficient (Wildman–Crippen LogP) is 9.12. The fourth-order valence-corrected chi connectivity index (χ4v) is 6.53. The minimum absolute atomic E-state index is 1.25. The molecule has 0 aliphatic rings. The molecule has 0 saturated heterocycles.